The monoisotopic (exact) mass is 698 g/mol. The van der Waals surface area contributed by atoms with Gasteiger partial charge in [0, 0.05) is 38.6 Å². The van der Waals surface area contributed by atoms with Crippen molar-refractivity contribution >= 4 is 29.9 Å². The van der Waals surface area contributed by atoms with Crippen LogP contribution in [0.2, 0.25) is 5.02 Å². The molecule has 5 rings (SSSR count). The maximum Gasteiger partial charge on any atom is 0.417 e. The van der Waals surface area contributed by atoms with Crippen LogP contribution in [0.25, 0.3) is 0 Å². The fourth-order valence-corrected chi connectivity index (χ4v) is 6.55. The lowest BCUT2D eigenvalue weighted by Gasteiger charge is -2.29. The van der Waals surface area contributed by atoms with E-state index in [2.05, 4.69) is 29.2 Å². The molecule has 1 heterocycles. The molecule has 4 aromatic carbocycles. The number of hydrogen-bond donors (Lipinski definition) is 0. The number of hydrogen-bond acceptors (Lipinski definition) is 3. The van der Waals surface area contributed by atoms with Crippen LogP contribution in [0.1, 0.15) is 65.8 Å². The Labute approximate surface area is 293 Å². The molecule has 0 aromatic heterocycles. The van der Waals surface area contributed by atoms with Crippen LogP contribution in [0, 0.1) is 0 Å². The highest BCUT2D eigenvalue weighted by Crippen LogP contribution is 2.37. The molecule has 48 heavy (non-hydrogen) atoms. The van der Waals surface area contributed by atoms with Crippen molar-refractivity contribution < 1.29 is 22.7 Å². The molecule has 1 amide bonds. The molecular formula is C39H43Cl2F3N2O2. The van der Waals surface area contributed by atoms with Crippen molar-refractivity contribution in [1.82, 2.24) is 9.80 Å². The molecule has 1 saturated heterocycles. The Balaban J connectivity index is 0.00000520. The van der Waals surface area contributed by atoms with E-state index in [0.717, 1.165) is 48.7 Å². The van der Waals surface area contributed by atoms with E-state index in [-0.39, 0.29) is 35.8 Å². The van der Waals surface area contributed by atoms with Gasteiger partial charge in [0.1, 0.15) is 5.75 Å². The third kappa shape index (κ3) is 10.7. The number of nitrogens with zero attached hydrogens (tertiary/aromatic N) is 2. The lowest BCUT2D eigenvalue weighted by molar-refractivity contribution is -0.137. The van der Waals surface area contributed by atoms with Crippen molar-refractivity contribution in [3.63, 3.8) is 0 Å². The van der Waals surface area contributed by atoms with E-state index in [1.54, 1.807) is 6.07 Å². The van der Waals surface area contributed by atoms with E-state index in [0.29, 0.717) is 43.9 Å². The molecule has 0 bridgehead atoms. The minimum atomic E-state index is -4.53. The van der Waals surface area contributed by atoms with E-state index >= 15 is 0 Å². The van der Waals surface area contributed by atoms with Gasteiger partial charge in [-0.2, -0.15) is 13.2 Å². The smallest absolute Gasteiger partial charge is 0.417 e. The summed E-state index contributed by atoms with van der Waals surface area (Å²) in [5, 5.41) is -0.260. The van der Waals surface area contributed by atoms with Gasteiger partial charge in [0.2, 0.25) is 5.91 Å². The Morgan fingerprint density at radius 2 is 1.46 bits per heavy atom. The molecule has 4 nitrogen and oxygen atoms in total. The summed E-state index contributed by atoms with van der Waals surface area (Å²) in [5.41, 5.74) is 2.79. The van der Waals surface area contributed by atoms with Crippen molar-refractivity contribution in [3.8, 4) is 5.75 Å². The molecule has 1 aliphatic heterocycles. The van der Waals surface area contributed by atoms with E-state index in [4.69, 9.17) is 16.3 Å². The normalized spacial score (nSPS) is 13.7. The summed E-state index contributed by atoms with van der Waals surface area (Å²) in [6, 6.07) is 32.1. The first-order chi connectivity index (χ1) is 22.8. The predicted molar refractivity (Wildman–Crippen MR) is 189 cm³/mol. The summed E-state index contributed by atoms with van der Waals surface area (Å²) in [7, 11) is 0. The number of rotatable bonds is 13. The quantitative estimate of drug-likeness (QED) is 0.130. The maximum atomic E-state index is 13.7. The lowest BCUT2D eigenvalue weighted by atomic mass is 9.90. The minimum absolute atomic E-state index is 0. The Bertz CT molecular complexity index is 1520. The summed E-state index contributed by atoms with van der Waals surface area (Å²) in [6.45, 7) is 3.48. The first-order valence-electron chi connectivity index (χ1n) is 16.4. The molecule has 0 spiro atoms. The van der Waals surface area contributed by atoms with Gasteiger partial charge in [-0.15, -0.1) is 12.4 Å². The number of benzene rings is 4. The van der Waals surface area contributed by atoms with E-state index < -0.39 is 11.7 Å². The summed E-state index contributed by atoms with van der Waals surface area (Å²) in [5.74, 6) is 0.853. The van der Waals surface area contributed by atoms with Gasteiger partial charge < -0.3 is 9.64 Å². The number of likely N-dealkylation sites (tertiary alicyclic amines) is 1. The van der Waals surface area contributed by atoms with Crippen LogP contribution in [0.5, 0.6) is 5.75 Å². The van der Waals surface area contributed by atoms with Crippen molar-refractivity contribution in [1.29, 1.82) is 0 Å². The largest absolute Gasteiger partial charge is 0.494 e. The van der Waals surface area contributed by atoms with Crippen molar-refractivity contribution in [2.24, 2.45) is 0 Å². The predicted octanol–water partition coefficient (Wildman–Crippen LogP) is 9.83. The fourth-order valence-electron chi connectivity index (χ4n) is 6.26. The van der Waals surface area contributed by atoms with Crippen LogP contribution in [0.4, 0.5) is 13.2 Å². The molecule has 0 unspecified atom stereocenters. The van der Waals surface area contributed by atoms with Gasteiger partial charge in [0.25, 0.3) is 0 Å². The van der Waals surface area contributed by atoms with Gasteiger partial charge >= 0.3 is 6.18 Å². The van der Waals surface area contributed by atoms with Crippen molar-refractivity contribution in [2.45, 2.75) is 57.2 Å². The Kier molecular flexibility index (Phi) is 14.2. The third-order valence-corrected chi connectivity index (χ3v) is 9.17. The zero-order valence-electron chi connectivity index (χ0n) is 27.0. The van der Waals surface area contributed by atoms with Gasteiger partial charge in [-0.1, -0.05) is 109 Å². The third-order valence-electron chi connectivity index (χ3n) is 8.72. The molecule has 0 N–H and O–H groups in total. The molecule has 9 heteroatoms. The second-order valence-corrected chi connectivity index (χ2v) is 12.6. The summed E-state index contributed by atoms with van der Waals surface area (Å²) in [6.07, 6.45) is 0.932. The zero-order chi connectivity index (χ0) is 33.1. The van der Waals surface area contributed by atoms with Gasteiger partial charge in [0.15, 0.2) is 0 Å². The topological polar surface area (TPSA) is 32.8 Å². The average Bonchev–Trinajstić information content (AvgIpc) is 3.37. The number of carbonyl (C=O) groups is 1. The van der Waals surface area contributed by atoms with Crippen molar-refractivity contribution in [3.05, 3.63) is 136 Å². The van der Waals surface area contributed by atoms with Gasteiger partial charge in [0.05, 0.1) is 23.6 Å². The zero-order valence-corrected chi connectivity index (χ0v) is 28.6. The maximum absolute atomic E-state index is 13.7. The molecule has 1 fully saturated rings. The summed E-state index contributed by atoms with van der Waals surface area (Å²) >= 11 is 6.36. The Morgan fingerprint density at radius 1 is 0.833 bits per heavy atom. The van der Waals surface area contributed by atoms with Gasteiger partial charge in [-0.05, 0) is 59.7 Å². The minimum Gasteiger partial charge on any atom is -0.494 e. The van der Waals surface area contributed by atoms with Crippen molar-refractivity contribution in [2.75, 3.05) is 32.8 Å². The number of amides is 1. The van der Waals surface area contributed by atoms with Gasteiger partial charge in [-0.3, -0.25) is 9.69 Å². The second-order valence-electron chi connectivity index (χ2n) is 12.2. The van der Waals surface area contributed by atoms with Crippen LogP contribution in [0.15, 0.2) is 103 Å². The number of carbonyl (C=O) groups excluding carboxylic acids is 1. The molecule has 256 valence electrons. The molecule has 1 aliphatic rings. The highest BCUT2D eigenvalue weighted by molar-refractivity contribution is 6.32. The average molecular weight is 700 g/mol. The number of ether oxygens (including phenoxy) is 1. The molecular weight excluding hydrogens is 656 g/mol. The number of alkyl halides is 3. The first-order valence-corrected chi connectivity index (χ1v) is 16.8. The summed E-state index contributed by atoms with van der Waals surface area (Å²) in [4.78, 5) is 17.1. The molecule has 0 saturated carbocycles. The lowest BCUT2D eigenvalue weighted by Crippen LogP contribution is -2.33. The standard InChI is InChI=1S/C39H42ClF3N2O2.ClH/c40-38-33(19-12-21-36(38)39(41,42)43)28-44(29-35(31-15-5-3-6-16-31)32-17-7-4-8-18-32)22-13-25-47-34-20-11-14-30(26-34)27-37(46)45-23-9-1-2-10-24-45;/h3-8,11-12,14-21,26,35H,1-2,9-10,13,22-25,27-29H2;1H. The van der Waals surface area contributed by atoms with Gasteiger partial charge in [-0.25, -0.2) is 0 Å². The fraction of sp³-hybridized carbons (Fsp3) is 0.359. The van der Waals surface area contributed by atoms with E-state index in [9.17, 15) is 18.0 Å². The Hall–Kier alpha value is -3.52. The first kappa shape index (κ1) is 37.3. The molecule has 0 atom stereocenters. The number of halogens is 5. The molecule has 0 radical (unpaired) electrons. The molecule has 4 aromatic rings. The van der Waals surface area contributed by atoms with Crippen LogP contribution >= 0.6 is 24.0 Å². The second kappa shape index (κ2) is 18.3. The highest BCUT2D eigenvalue weighted by atomic mass is 35.5. The van der Waals surface area contributed by atoms with Crippen LogP contribution in [-0.2, 0) is 23.9 Å². The van der Waals surface area contributed by atoms with Crippen LogP contribution < -0.4 is 4.74 Å². The summed E-state index contributed by atoms with van der Waals surface area (Å²) < 4.78 is 47.2. The molecule has 0 aliphatic carbocycles. The van der Waals surface area contributed by atoms with E-state index in [1.807, 2.05) is 65.6 Å². The Morgan fingerprint density at radius 3 is 2.08 bits per heavy atom. The highest BCUT2D eigenvalue weighted by Gasteiger charge is 2.34. The van der Waals surface area contributed by atoms with Crippen LogP contribution in [0.3, 0.4) is 0 Å². The van der Waals surface area contributed by atoms with E-state index in [1.165, 1.54) is 18.9 Å². The SMILES string of the molecule is Cl.O=C(Cc1cccc(OCCCN(Cc2cccc(C(F)(F)F)c2Cl)CC(c2ccccc2)c2ccccc2)c1)N1CCCCCC1. The van der Waals surface area contributed by atoms with Crippen LogP contribution in [-0.4, -0.2) is 48.5 Å².